The van der Waals surface area contributed by atoms with Crippen molar-refractivity contribution < 1.29 is 53.2 Å². The molecule has 2 atom stereocenters. The van der Waals surface area contributed by atoms with Crippen LogP contribution in [0.4, 0.5) is 0 Å². The molecule has 0 unspecified atom stereocenters. The molecule has 0 radical (unpaired) electrons. The molecule has 5 N–H and O–H groups in total. The van der Waals surface area contributed by atoms with Crippen molar-refractivity contribution in [1.82, 2.24) is 16.0 Å². The van der Waals surface area contributed by atoms with Gasteiger partial charge in [-0.3, -0.25) is 14.4 Å². The van der Waals surface area contributed by atoms with E-state index in [0.717, 1.165) is 6.42 Å². The maximum absolute atomic E-state index is 12.0. The Labute approximate surface area is 209 Å². The number of Topliss-reactive ketones (excluding diaryl/α,β-unsaturated/α-hetero) is 1. The predicted octanol–water partition coefficient (Wildman–Crippen LogP) is -1.15. The molecule has 0 aliphatic heterocycles. The maximum Gasteiger partial charge on any atom is 0.326 e. The van der Waals surface area contributed by atoms with Crippen molar-refractivity contribution in [3.05, 3.63) is 0 Å². The lowest BCUT2D eigenvalue weighted by atomic mass is 10.1. The highest BCUT2D eigenvalue weighted by molar-refractivity contribution is 5.86. The molecule has 0 aliphatic carbocycles. The molecule has 3 amide bonds. The zero-order valence-corrected chi connectivity index (χ0v) is 20.7. The summed E-state index contributed by atoms with van der Waals surface area (Å²) >= 11 is 0. The molecule has 14 heteroatoms. The minimum absolute atomic E-state index is 0.0158. The zero-order valence-electron chi connectivity index (χ0n) is 20.7. The van der Waals surface area contributed by atoms with Crippen LogP contribution >= 0.6 is 0 Å². The van der Waals surface area contributed by atoms with E-state index in [4.69, 9.17) is 19.3 Å². The van der Waals surface area contributed by atoms with E-state index in [1.165, 1.54) is 6.92 Å². The molecule has 0 spiro atoms. The number of carbonyl (C=O) groups is 6. The van der Waals surface area contributed by atoms with Gasteiger partial charge in [0.05, 0.1) is 19.8 Å². The van der Waals surface area contributed by atoms with Crippen LogP contribution in [0.3, 0.4) is 0 Å². The van der Waals surface area contributed by atoms with Crippen molar-refractivity contribution in [3.63, 3.8) is 0 Å². The average molecular weight is 520 g/mol. The van der Waals surface area contributed by atoms with E-state index in [1.807, 2.05) is 6.92 Å². The lowest BCUT2D eigenvalue weighted by Gasteiger charge is -2.16. The molecule has 0 heterocycles. The van der Waals surface area contributed by atoms with E-state index in [2.05, 4.69) is 16.0 Å². The van der Waals surface area contributed by atoms with Crippen LogP contribution in [0.2, 0.25) is 0 Å². The highest BCUT2D eigenvalue weighted by Gasteiger charge is 2.24. The molecule has 0 aromatic heterocycles. The van der Waals surface area contributed by atoms with Crippen LogP contribution < -0.4 is 16.0 Å². The van der Waals surface area contributed by atoms with E-state index >= 15 is 0 Å². The smallest absolute Gasteiger partial charge is 0.326 e. The summed E-state index contributed by atoms with van der Waals surface area (Å²) in [4.78, 5) is 68.9. The third kappa shape index (κ3) is 18.3. The van der Waals surface area contributed by atoms with Gasteiger partial charge >= 0.3 is 11.9 Å². The van der Waals surface area contributed by atoms with Crippen LogP contribution in [0.15, 0.2) is 0 Å². The largest absolute Gasteiger partial charge is 0.480 e. The molecule has 0 aromatic rings. The number of rotatable bonds is 22. The molecule has 36 heavy (non-hydrogen) atoms. The van der Waals surface area contributed by atoms with Crippen LogP contribution in [-0.4, -0.2) is 104 Å². The molecule has 0 aromatic carbocycles. The molecule has 0 fully saturated rings. The second kappa shape index (κ2) is 20.1. The van der Waals surface area contributed by atoms with Gasteiger partial charge in [0.25, 0.3) is 0 Å². The first-order valence-corrected chi connectivity index (χ1v) is 11.6. The number of carbonyl (C=O) groups excluding carboxylic acids is 4. The van der Waals surface area contributed by atoms with Gasteiger partial charge in [-0.15, -0.1) is 0 Å². The van der Waals surface area contributed by atoms with Gasteiger partial charge in [-0.1, -0.05) is 6.92 Å². The number of aliphatic carboxylic acids is 2. The number of ketones is 1. The summed E-state index contributed by atoms with van der Waals surface area (Å²) in [7, 11) is 0. The molecular formula is C22H37N3O11. The summed E-state index contributed by atoms with van der Waals surface area (Å²) in [6.45, 7) is 4.01. The number of ether oxygens (including phenoxy) is 3. The second-order valence-electron chi connectivity index (χ2n) is 7.76. The van der Waals surface area contributed by atoms with Gasteiger partial charge < -0.3 is 45.2 Å². The van der Waals surface area contributed by atoms with Crippen LogP contribution in [0, 0.1) is 0 Å². The van der Waals surface area contributed by atoms with Crippen molar-refractivity contribution in [2.75, 3.05) is 46.2 Å². The van der Waals surface area contributed by atoms with Crippen molar-refractivity contribution in [3.8, 4) is 0 Å². The van der Waals surface area contributed by atoms with Crippen LogP contribution in [-0.2, 0) is 43.0 Å². The number of amides is 3. The Hall–Kier alpha value is -3.10. The highest BCUT2D eigenvalue weighted by Crippen LogP contribution is 2.03. The first-order chi connectivity index (χ1) is 17.1. The fourth-order valence-electron chi connectivity index (χ4n) is 2.65. The van der Waals surface area contributed by atoms with Gasteiger partial charge in [0.15, 0.2) is 0 Å². The van der Waals surface area contributed by atoms with E-state index in [0.29, 0.717) is 6.61 Å². The lowest BCUT2D eigenvalue weighted by molar-refractivity contribution is -0.144. The summed E-state index contributed by atoms with van der Waals surface area (Å²) in [5.41, 5.74) is 0. The Bertz CT molecular complexity index is 730. The van der Waals surface area contributed by atoms with Crippen LogP contribution in [0.25, 0.3) is 0 Å². The summed E-state index contributed by atoms with van der Waals surface area (Å²) in [5.74, 6) is -4.59. The lowest BCUT2D eigenvalue weighted by Crippen LogP contribution is -2.45. The van der Waals surface area contributed by atoms with Gasteiger partial charge in [-0.2, -0.15) is 0 Å². The van der Waals surface area contributed by atoms with E-state index in [-0.39, 0.29) is 70.3 Å². The topological polar surface area (TPSA) is 207 Å². The Morgan fingerprint density at radius 3 is 1.81 bits per heavy atom. The SMILES string of the molecule is CCCOCC(=O)NCCOCCOCC(=O)N[C@@H](CCC(=O)N[C@@H](CCC(C)=O)C(=O)O)C(=O)O. The van der Waals surface area contributed by atoms with E-state index in [1.54, 1.807) is 0 Å². The molecule has 14 nitrogen and oxygen atoms in total. The van der Waals surface area contributed by atoms with Crippen molar-refractivity contribution in [2.24, 2.45) is 0 Å². The number of hydrogen-bond acceptors (Lipinski definition) is 9. The van der Waals surface area contributed by atoms with Crippen molar-refractivity contribution in [2.45, 2.75) is 58.0 Å². The first kappa shape index (κ1) is 32.9. The summed E-state index contributed by atoms with van der Waals surface area (Å²) < 4.78 is 15.4. The third-order valence-electron chi connectivity index (χ3n) is 4.47. The Kier molecular flexibility index (Phi) is 18.4. The minimum atomic E-state index is -1.38. The third-order valence-corrected chi connectivity index (χ3v) is 4.47. The monoisotopic (exact) mass is 519 g/mol. The molecule has 206 valence electrons. The second-order valence-corrected chi connectivity index (χ2v) is 7.76. The quantitative estimate of drug-likeness (QED) is 0.108. The van der Waals surface area contributed by atoms with Gasteiger partial charge in [-0.25, -0.2) is 9.59 Å². The normalized spacial score (nSPS) is 12.3. The standard InChI is InChI=1S/C22H37N3O11/c1-3-9-35-13-19(28)23-8-10-34-11-12-36-14-20(29)25-17(22(32)33)6-7-18(27)24-16(21(30)31)5-4-15(2)26/h16-17H,3-14H2,1-2H3,(H,23,28)(H,24,27)(H,25,29)(H,30,31)(H,32,33)/t16-,17-/m0/s1. The maximum atomic E-state index is 12.0. The average Bonchev–Trinajstić information content (AvgIpc) is 2.80. The van der Waals surface area contributed by atoms with Crippen LogP contribution in [0.5, 0.6) is 0 Å². The first-order valence-electron chi connectivity index (χ1n) is 11.6. The Balaban J connectivity index is 4.11. The van der Waals surface area contributed by atoms with E-state index in [9.17, 15) is 33.9 Å². The molecule has 0 saturated heterocycles. The molecule has 0 rings (SSSR count). The van der Waals surface area contributed by atoms with Crippen molar-refractivity contribution >= 4 is 35.4 Å². The Morgan fingerprint density at radius 2 is 1.22 bits per heavy atom. The number of carboxylic acids is 2. The van der Waals surface area contributed by atoms with E-state index < -0.39 is 42.4 Å². The number of carboxylic acid groups (broad SMARTS) is 2. The zero-order chi connectivity index (χ0) is 27.3. The van der Waals surface area contributed by atoms with Crippen molar-refractivity contribution in [1.29, 1.82) is 0 Å². The fraction of sp³-hybridized carbons (Fsp3) is 0.727. The minimum Gasteiger partial charge on any atom is -0.480 e. The number of hydrogen-bond donors (Lipinski definition) is 5. The van der Waals surface area contributed by atoms with Gasteiger partial charge in [0.1, 0.15) is 31.1 Å². The highest BCUT2D eigenvalue weighted by atomic mass is 16.5. The van der Waals surface area contributed by atoms with Gasteiger partial charge in [0, 0.05) is 26.0 Å². The van der Waals surface area contributed by atoms with Gasteiger partial charge in [-0.05, 0) is 26.2 Å². The number of nitrogens with one attached hydrogen (secondary N) is 3. The molecular weight excluding hydrogens is 482 g/mol. The predicted molar refractivity (Wildman–Crippen MR) is 124 cm³/mol. The molecule has 0 saturated carbocycles. The fourth-order valence-corrected chi connectivity index (χ4v) is 2.65. The summed E-state index contributed by atoms with van der Waals surface area (Å²) in [6, 6.07) is -2.65. The molecule has 0 aliphatic rings. The Morgan fingerprint density at radius 1 is 0.694 bits per heavy atom. The van der Waals surface area contributed by atoms with Crippen LogP contribution in [0.1, 0.15) is 46.0 Å². The molecule has 0 bridgehead atoms. The summed E-state index contributed by atoms with van der Waals surface area (Å²) in [5, 5.41) is 25.5. The van der Waals surface area contributed by atoms with Gasteiger partial charge in [0.2, 0.25) is 17.7 Å². The summed E-state index contributed by atoms with van der Waals surface area (Å²) in [6.07, 6.45) is 0.0866.